The van der Waals surface area contributed by atoms with Crippen LogP contribution in [0.5, 0.6) is 5.75 Å². The number of hydrogen-bond donors (Lipinski definition) is 2. The standard InChI is InChI=1S/C25H32FN3O5S/c1-5-6-19-7-12-24-22(13-19)34-23(17(2)14-29(18(3)16-30)35(24,32)33)15-28(4)25(31)27-21-10-8-20(26)9-11-21/h5-13,17-18,23,30H,14-16H2,1-4H3,(H,27,31)/b6-5+/t17-,18-,23+/m1/s1. The second-order valence-corrected chi connectivity index (χ2v) is 10.6. The normalized spacial score (nSPS) is 20.9. The average molecular weight is 506 g/mol. The molecule has 1 aliphatic heterocycles. The van der Waals surface area contributed by atoms with Crippen molar-refractivity contribution in [3.05, 3.63) is 59.9 Å². The van der Waals surface area contributed by atoms with Gasteiger partial charge in [0, 0.05) is 31.2 Å². The zero-order chi connectivity index (χ0) is 25.8. The number of hydrogen-bond acceptors (Lipinski definition) is 5. The molecule has 190 valence electrons. The van der Waals surface area contributed by atoms with Crippen molar-refractivity contribution in [2.24, 2.45) is 5.92 Å². The van der Waals surface area contributed by atoms with Gasteiger partial charge in [-0.1, -0.05) is 25.1 Å². The highest BCUT2D eigenvalue weighted by atomic mass is 32.2. The molecular weight excluding hydrogens is 473 g/mol. The lowest BCUT2D eigenvalue weighted by molar-refractivity contribution is 0.0830. The van der Waals surface area contributed by atoms with Crippen molar-refractivity contribution in [3.63, 3.8) is 0 Å². The van der Waals surface area contributed by atoms with E-state index in [0.717, 1.165) is 5.56 Å². The van der Waals surface area contributed by atoms with Gasteiger partial charge >= 0.3 is 6.03 Å². The van der Waals surface area contributed by atoms with Crippen LogP contribution in [0.15, 0.2) is 53.4 Å². The van der Waals surface area contributed by atoms with Gasteiger partial charge in [-0.2, -0.15) is 4.31 Å². The predicted molar refractivity (Wildman–Crippen MR) is 133 cm³/mol. The maximum Gasteiger partial charge on any atom is 0.321 e. The van der Waals surface area contributed by atoms with Crippen LogP contribution in [0.2, 0.25) is 0 Å². The molecule has 2 aromatic carbocycles. The predicted octanol–water partition coefficient (Wildman–Crippen LogP) is 3.79. The Morgan fingerprint density at radius 3 is 2.63 bits per heavy atom. The first-order valence-corrected chi connectivity index (χ1v) is 12.8. The molecule has 0 saturated heterocycles. The topological polar surface area (TPSA) is 99.2 Å². The van der Waals surface area contributed by atoms with Gasteiger partial charge in [-0.15, -0.1) is 0 Å². The third kappa shape index (κ3) is 6.19. The molecule has 1 aliphatic rings. The molecule has 10 heteroatoms. The zero-order valence-corrected chi connectivity index (χ0v) is 21.1. The van der Waals surface area contributed by atoms with Crippen LogP contribution in [0.25, 0.3) is 6.08 Å². The lowest BCUT2D eigenvalue weighted by Gasteiger charge is -2.37. The minimum absolute atomic E-state index is 0.0152. The van der Waals surface area contributed by atoms with Crippen LogP contribution < -0.4 is 10.1 Å². The number of carbonyl (C=O) groups is 1. The number of aliphatic hydroxyl groups excluding tert-OH is 1. The van der Waals surface area contributed by atoms with Gasteiger partial charge in [0.05, 0.1) is 13.2 Å². The van der Waals surface area contributed by atoms with Crippen molar-refractivity contribution < 1.29 is 27.4 Å². The second-order valence-electron chi connectivity index (χ2n) is 8.76. The van der Waals surface area contributed by atoms with Gasteiger partial charge in [0.1, 0.15) is 22.6 Å². The second kappa shape index (κ2) is 11.2. The summed E-state index contributed by atoms with van der Waals surface area (Å²) in [5, 5.41) is 12.5. The first-order chi connectivity index (χ1) is 16.6. The number of nitrogens with zero attached hydrogens (tertiary/aromatic N) is 2. The number of ether oxygens (including phenoxy) is 1. The number of halogens is 1. The molecular formula is C25H32FN3O5S. The third-order valence-corrected chi connectivity index (χ3v) is 7.97. The van der Waals surface area contributed by atoms with Gasteiger partial charge in [0.25, 0.3) is 0 Å². The molecule has 0 bridgehead atoms. The number of anilines is 1. The molecule has 1 heterocycles. The van der Waals surface area contributed by atoms with E-state index in [1.54, 1.807) is 26.1 Å². The number of likely N-dealkylation sites (N-methyl/N-ethyl adjacent to an activating group) is 1. The van der Waals surface area contributed by atoms with Crippen molar-refractivity contribution in [3.8, 4) is 5.75 Å². The molecule has 8 nitrogen and oxygen atoms in total. The Morgan fingerprint density at radius 2 is 2.00 bits per heavy atom. The van der Waals surface area contributed by atoms with Crippen LogP contribution in [0.1, 0.15) is 26.3 Å². The van der Waals surface area contributed by atoms with E-state index in [-0.39, 0.29) is 36.3 Å². The fourth-order valence-electron chi connectivity index (χ4n) is 3.86. The number of amides is 2. The average Bonchev–Trinajstić information content (AvgIpc) is 2.82. The third-order valence-electron chi connectivity index (χ3n) is 5.95. The van der Waals surface area contributed by atoms with Crippen LogP contribution in [-0.4, -0.2) is 67.7 Å². The Bertz CT molecular complexity index is 1170. The first kappa shape index (κ1) is 26.7. The fraction of sp³-hybridized carbons (Fsp3) is 0.400. The molecule has 0 saturated carbocycles. The summed E-state index contributed by atoms with van der Waals surface area (Å²) in [5.74, 6) is -0.515. The Kier molecular flexibility index (Phi) is 8.52. The van der Waals surface area contributed by atoms with Gasteiger partial charge < -0.3 is 20.1 Å². The summed E-state index contributed by atoms with van der Waals surface area (Å²) in [4.78, 5) is 14.2. The van der Waals surface area contributed by atoms with Crippen molar-refractivity contribution in [2.45, 2.75) is 37.8 Å². The number of allylic oxidation sites excluding steroid dienone is 1. The molecule has 35 heavy (non-hydrogen) atoms. The molecule has 0 fully saturated rings. The summed E-state index contributed by atoms with van der Waals surface area (Å²) < 4.78 is 47.6. The molecule has 3 rings (SSSR count). The van der Waals surface area contributed by atoms with Crippen LogP contribution >= 0.6 is 0 Å². The van der Waals surface area contributed by atoms with Crippen LogP contribution in [0, 0.1) is 11.7 Å². The van der Waals surface area contributed by atoms with E-state index >= 15 is 0 Å². The minimum Gasteiger partial charge on any atom is -0.487 e. The maximum absolute atomic E-state index is 13.5. The van der Waals surface area contributed by atoms with Gasteiger partial charge in [-0.3, -0.25) is 0 Å². The molecule has 0 aliphatic carbocycles. The van der Waals surface area contributed by atoms with E-state index in [0.29, 0.717) is 5.69 Å². The Labute approximate surface area is 206 Å². The number of nitrogens with one attached hydrogen (secondary N) is 1. The maximum atomic E-state index is 13.5. The lowest BCUT2D eigenvalue weighted by atomic mass is 10.0. The van der Waals surface area contributed by atoms with Gasteiger partial charge in [0.15, 0.2) is 0 Å². The fourth-order valence-corrected chi connectivity index (χ4v) is 5.69. The van der Waals surface area contributed by atoms with Crippen LogP contribution in [-0.2, 0) is 10.0 Å². The van der Waals surface area contributed by atoms with Crippen molar-refractivity contribution in [1.29, 1.82) is 0 Å². The number of aliphatic hydroxyl groups is 1. The SMILES string of the molecule is C/C=C/c1ccc2c(c1)O[C@@H](CN(C)C(=O)Nc1ccc(F)cc1)[C@H](C)CN([C@H](C)CO)S2(=O)=O. The molecule has 0 radical (unpaired) electrons. The molecule has 0 spiro atoms. The number of benzene rings is 2. The smallest absolute Gasteiger partial charge is 0.321 e. The summed E-state index contributed by atoms with van der Waals surface area (Å²) in [7, 11) is -2.32. The monoisotopic (exact) mass is 505 g/mol. The number of urea groups is 1. The Balaban J connectivity index is 1.92. The van der Waals surface area contributed by atoms with E-state index in [4.69, 9.17) is 4.74 Å². The number of rotatable bonds is 6. The Hall–Kier alpha value is -2.95. The minimum atomic E-state index is -3.93. The Morgan fingerprint density at radius 1 is 1.31 bits per heavy atom. The lowest BCUT2D eigenvalue weighted by Crippen LogP contribution is -2.50. The van der Waals surface area contributed by atoms with E-state index in [1.807, 2.05) is 26.0 Å². The molecule has 2 N–H and O–H groups in total. The highest BCUT2D eigenvalue weighted by Gasteiger charge is 2.38. The molecule has 0 unspecified atom stereocenters. The zero-order valence-electron chi connectivity index (χ0n) is 20.3. The highest BCUT2D eigenvalue weighted by molar-refractivity contribution is 7.89. The summed E-state index contributed by atoms with van der Waals surface area (Å²) in [6.45, 7) is 5.31. The largest absolute Gasteiger partial charge is 0.487 e. The molecule has 2 aromatic rings. The molecule has 3 atom stereocenters. The van der Waals surface area contributed by atoms with Gasteiger partial charge in [0.2, 0.25) is 10.0 Å². The number of fused-ring (bicyclic) bond motifs is 1. The molecule has 2 amide bonds. The van der Waals surface area contributed by atoms with Crippen LogP contribution in [0.3, 0.4) is 0 Å². The number of sulfonamides is 1. The van der Waals surface area contributed by atoms with E-state index in [9.17, 15) is 22.7 Å². The summed E-state index contributed by atoms with van der Waals surface area (Å²) >= 11 is 0. The van der Waals surface area contributed by atoms with Gasteiger partial charge in [-0.05, 0) is 55.8 Å². The van der Waals surface area contributed by atoms with Crippen molar-refractivity contribution in [1.82, 2.24) is 9.21 Å². The quantitative estimate of drug-likeness (QED) is 0.622. The summed E-state index contributed by atoms with van der Waals surface area (Å²) in [6.07, 6.45) is 3.14. The van der Waals surface area contributed by atoms with Crippen molar-refractivity contribution in [2.75, 3.05) is 32.1 Å². The van der Waals surface area contributed by atoms with Crippen molar-refractivity contribution >= 4 is 27.8 Å². The van der Waals surface area contributed by atoms with E-state index in [2.05, 4.69) is 5.32 Å². The van der Waals surface area contributed by atoms with E-state index < -0.39 is 34.0 Å². The number of carbonyl (C=O) groups excluding carboxylic acids is 1. The van der Waals surface area contributed by atoms with Gasteiger partial charge in [-0.25, -0.2) is 17.6 Å². The highest BCUT2D eigenvalue weighted by Crippen LogP contribution is 2.34. The van der Waals surface area contributed by atoms with Crippen LogP contribution in [0.4, 0.5) is 14.9 Å². The van der Waals surface area contributed by atoms with E-state index in [1.165, 1.54) is 39.5 Å². The summed E-state index contributed by atoms with van der Waals surface area (Å²) in [6, 6.07) is 9.27. The first-order valence-electron chi connectivity index (χ1n) is 11.4. The molecule has 0 aromatic heterocycles. The summed E-state index contributed by atoms with van der Waals surface area (Å²) in [5.41, 5.74) is 1.22.